The van der Waals surface area contributed by atoms with Crippen LogP contribution in [0, 0.1) is 5.82 Å². The summed E-state index contributed by atoms with van der Waals surface area (Å²) in [6, 6.07) is 16.5. The third-order valence-electron chi connectivity index (χ3n) is 5.13. The summed E-state index contributed by atoms with van der Waals surface area (Å²) in [5.74, 6) is -1.04. The lowest BCUT2D eigenvalue weighted by atomic mass is 9.86. The average molecular weight is 501 g/mol. The fourth-order valence-corrected chi connectivity index (χ4v) is 3.89. The number of nitrogens with one attached hydrogen (secondary N) is 2. The van der Waals surface area contributed by atoms with Crippen LogP contribution >= 0.6 is 0 Å². The van der Waals surface area contributed by atoms with E-state index in [9.17, 15) is 17.6 Å². The maximum absolute atomic E-state index is 14.3. The highest BCUT2D eigenvalue weighted by Crippen LogP contribution is 2.39. The summed E-state index contributed by atoms with van der Waals surface area (Å²) in [7, 11) is -2.23. The molecule has 186 valence electrons. The van der Waals surface area contributed by atoms with Crippen molar-refractivity contribution in [3.05, 3.63) is 83.2 Å². The Kier molecular flexibility index (Phi) is 7.70. The molecule has 0 radical (unpaired) electrons. The summed E-state index contributed by atoms with van der Waals surface area (Å²) in [6.45, 7) is 6.02. The van der Waals surface area contributed by atoms with Crippen molar-refractivity contribution in [2.45, 2.75) is 32.8 Å². The molecule has 0 aliphatic rings. The monoisotopic (exact) mass is 500 g/mol. The van der Waals surface area contributed by atoms with Gasteiger partial charge in [0.15, 0.2) is 17.3 Å². The summed E-state index contributed by atoms with van der Waals surface area (Å²) in [5, 5.41) is 2.76. The molecule has 0 unspecified atom stereocenters. The molecule has 0 bridgehead atoms. The van der Waals surface area contributed by atoms with E-state index >= 15 is 0 Å². The van der Waals surface area contributed by atoms with Crippen LogP contribution in [0.15, 0.2) is 60.7 Å². The molecule has 3 aromatic carbocycles. The first kappa shape index (κ1) is 26.0. The van der Waals surface area contributed by atoms with Crippen LogP contribution in [0.3, 0.4) is 0 Å². The highest BCUT2D eigenvalue weighted by Gasteiger charge is 2.23. The number of rotatable bonds is 8. The van der Waals surface area contributed by atoms with E-state index in [0.29, 0.717) is 0 Å². The first-order valence-corrected chi connectivity index (χ1v) is 12.7. The Bertz CT molecular complexity index is 1320. The zero-order chi connectivity index (χ0) is 25.8. The Hall–Kier alpha value is -3.59. The number of amides is 1. The minimum atomic E-state index is -3.61. The van der Waals surface area contributed by atoms with E-state index in [-0.39, 0.29) is 40.5 Å². The number of hydrogen-bond donors (Lipinski definition) is 2. The summed E-state index contributed by atoms with van der Waals surface area (Å²) >= 11 is 0. The number of ether oxygens (including phenoxy) is 2. The van der Waals surface area contributed by atoms with E-state index in [0.717, 1.165) is 23.4 Å². The van der Waals surface area contributed by atoms with Crippen LogP contribution in [0.25, 0.3) is 0 Å². The molecule has 0 saturated carbocycles. The smallest absolute Gasteiger partial charge is 0.255 e. The second-order valence-electron chi connectivity index (χ2n) is 9.10. The lowest BCUT2D eigenvalue weighted by molar-refractivity contribution is 0.102. The van der Waals surface area contributed by atoms with E-state index in [1.807, 2.05) is 51.1 Å². The van der Waals surface area contributed by atoms with Crippen molar-refractivity contribution < 1.29 is 27.1 Å². The fourth-order valence-electron chi connectivity index (χ4n) is 3.34. The Balaban J connectivity index is 1.93. The van der Waals surface area contributed by atoms with Gasteiger partial charge in [-0.05, 0) is 46.9 Å². The molecule has 2 N–H and O–H groups in total. The molecule has 7 nitrogen and oxygen atoms in total. The third-order valence-corrected chi connectivity index (χ3v) is 5.72. The van der Waals surface area contributed by atoms with Crippen LogP contribution in [0.5, 0.6) is 11.5 Å². The molecular formula is C26H29FN2O5S. The first-order chi connectivity index (χ1) is 16.4. The summed E-state index contributed by atoms with van der Waals surface area (Å²) in [4.78, 5) is 13.1. The van der Waals surface area contributed by atoms with Crippen LogP contribution in [-0.4, -0.2) is 27.7 Å². The largest absolute Gasteiger partial charge is 0.492 e. The van der Waals surface area contributed by atoms with Crippen LogP contribution in [-0.2, 0) is 22.0 Å². The Morgan fingerprint density at radius 1 is 1.00 bits per heavy atom. The number of carbonyl (C=O) groups is 1. The Morgan fingerprint density at radius 2 is 1.66 bits per heavy atom. The van der Waals surface area contributed by atoms with Crippen LogP contribution in [0.2, 0.25) is 0 Å². The van der Waals surface area contributed by atoms with Crippen LogP contribution in [0.1, 0.15) is 42.3 Å². The molecular weight excluding hydrogens is 471 g/mol. The van der Waals surface area contributed by atoms with Crippen LogP contribution < -0.4 is 19.5 Å². The predicted octanol–water partition coefficient (Wildman–Crippen LogP) is 5.33. The maximum Gasteiger partial charge on any atom is 0.255 e. The molecule has 0 aliphatic heterocycles. The topological polar surface area (TPSA) is 93.7 Å². The molecule has 1 amide bonds. The number of hydrogen-bond acceptors (Lipinski definition) is 5. The highest BCUT2D eigenvalue weighted by molar-refractivity contribution is 7.92. The first-order valence-electron chi connectivity index (χ1n) is 10.9. The van der Waals surface area contributed by atoms with Crippen molar-refractivity contribution >= 4 is 27.3 Å². The molecule has 9 heteroatoms. The lowest BCUT2D eigenvalue weighted by Crippen LogP contribution is -2.18. The van der Waals surface area contributed by atoms with Gasteiger partial charge in [0.1, 0.15) is 6.61 Å². The molecule has 0 saturated heterocycles. The van der Waals surface area contributed by atoms with Gasteiger partial charge in [-0.1, -0.05) is 51.1 Å². The number of benzene rings is 3. The van der Waals surface area contributed by atoms with Gasteiger partial charge in [0.2, 0.25) is 10.0 Å². The minimum Gasteiger partial charge on any atom is -0.492 e. The van der Waals surface area contributed by atoms with Crippen LogP contribution in [0.4, 0.5) is 15.8 Å². The normalized spacial score (nSPS) is 11.6. The van der Waals surface area contributed by atoms with Gasteiger partial charge in [-0.25, -0.2) is 12.8 Å². The highest BCUT2D eigenvalue weighted by atomic mass is 32.2. The molecule has 0 fully saturated rings. The summed E-state index contributed by atoms with van der Waals surface area (Å²) in [6.07, 6.45) is 1.03. The van der Waals surface area contributed by atoms with Crippen molar-refractivity contribution in [3.63, 3.8) is 0 Å². The SMILES string of the molecule is COc1c(NC(=O)c2ccc(F)c(OCc3ccccc3)c2)cc(C(C)(C)C)cc1NS(C)(=O)=O. The maximum atomic E-state index is 14.3. The number of sulfonamides is 1. The third kappa shape index (κ3) is 6.95. The molecule has 0 aromatic heterocycles. The van der Waals surface area contributed by atoms with Gasteiger partial charge in [0, 0.05) is 5.56 Å². The van der Waals surface area contributed by atoms with Crippen molar-refractivity contribution in [1.82, 2.24) is 0 Å². The molecule has 3 rings (SSSR count). The molecule has 35 heavy (non-hydrogen) atoms. The van der Waals surface area contributed by atoms with Crippen molar-refractivity contribution in [1.29, 1.82) is 0 Å². The lowest BCUT2D eigenvalue weighted by Gasteiger charge is -2.24. The predicted molar refractivity (Wildman–Crippen MR) is 135 cm³/mol. The average Bonchev–Trinajstić information content (AvgIpc) is 2.77. The van der Waals surface area contributed by atoms with Gasteiger partial charge < -0.3 is 14.8 Å². The molecule has 0 heterocycles. The number of anilines is 2. The zero-order valence-electron chi connectivity index (χ0n) is 20.3. The second-order valence-corrected chi connectivity index (χ2v) is 10.9. The van der Waals surface area contributed by atoms with E-state index in [1.165, 1.54) is 19.2 Å². The second kappa shape index (κ2) is 10.4. The van der Waals surface area contributed by atoms with Gasteiger partial charge >= 0.3 is 0 Å². The van der Waals surface area contributed by atoms with E-state index in [4.69, 9.17) is 9.47 Å². The fraction of sp³-hybridized carbons (Fsp3) is 0.269. The minimum absolute atomic E-state index is 0.0589. The molecule has 3 aromatic rings. The van der Waals surface area contributed by atoms with E-state index in [2.05, 4.69) is 10.0 Å². The summed E-state index contributed by atoms with van der Waals surface area (Å²) < 4.78 is 51.6. The zero-order valence-corrected chi connectivity index (χ0v) is 21.1. The molecule has 0 atom stereocenters. The number of carbonyl (C=O) groups excluding carboxylic acids is 1. The quantitative estimate of drug-likeness (QED) is 0.436. The van der Waals surface area contributed by atoms with Gasteiger partial charge in [-0.3, -0.25) is 9.52 Å². The van der Waals surface area contributed by atoms with Crippen molar-refractivity contribution in [2.75, 3.05) is 23.4 Å². The Labute approximate surface area is 205 Å². The van der Waals surface area contributed by atoms with Gasteiger partial charge in [0.25, 0.3) is 5.91 Å². The summed E-state index contributed by atoms with van der Waals surface area (Å²) in [5.41, 5.74) is 1.90. The number of halogens is 1. The van der Waals surface area contributed by atoms with E-state index < -0.39 is 21.7 Å². The van der Waals surface area contributed by atoms with Crippen molar-refractivity contribution in [2.24, 2.45) is 0 Å². The molecule has 0 spiro atoms. The van der Waals surface area contributed by atoms with E-state index in [1.54, 1.807) is 12.1 Å². The standard InChI is InChI=1S/C26H29FN2O5S/c1-26(2,3)19-14-21(24(33-4)22(15-19)29-35(5,31)32)28-25(30)18-11-12-20(27)23(13-18)34-16-17-9-7-6-8-10-17/h6-15,29H,16H2,1-5H3,(H,28,30). The molecule has 0 aliphatic carbocycles. The van der Waals surface area contributed by atoms with Gasteiger partial charge in [-0.15, -0.1) is 0 Å². The van der Waals surface area contributed by atoms with Gasteiger partial charge in [0.05, 0.1) is 24.7 Å². The van der Waals surface area contributed by atoms with Gasteiger partial charge in [-0.2, -0.15) is 0 Å². The van der Waals surface area contributed by atoms with Crippen molar-refractivity contribution in [3.8, 4) is 11.5 Å². The Morgan fingerprint density at radius 3 is 2.26 bits per heavy atom. The number of methoxy groups -OCH3 is 1.